The van der Waals surface area contributed by atoms with Gasteiger partial charge >= 0.3 is 0 Å². The number of carbonyl (C=O) groups is 12. The summed E-state index contributed by atoms with van der Waals surface area (Å²) in [6, 6.07) is 4.60. The third-order valence-corrected chi connectivity index (χ3v) is 15.6. The fourth-order valence-corrected chi connectivity index (χ4v) is 10.3. The maximum atomic E-state index is 13.3. The van der Waals surface area contributed by atoms with Crippen LogP contribution in [0.25, 0.3) is 0 Å². The molecule has 1 aliphatic rings. The Morgan fingerprint density at radius 3 is 1.16 bits per heavy atom. The van der Waals surface area contributed by atoms with Crippen molar-refractivity contribution in [1.29, 1.82) is 0 Å². The second kappa shape index (κ2) is 59.9. The molecule has 109 heavy (non-hydrogen) atoms. The van der Waals surface area contributed by atoms with Crippen LogP contribution in [0.4, 0.5) is 0 Å². The molecular formula is C71H129N19O19. The number of benzene rings is 1. The van der Waals surface area contributed by atoms with E-state index in [2.05, 4.69) is 74.4 Å². The van der Waals surface area contributed by atoms with Gasteiger partial charge in [0.1, 0.15) is 29.5 Å². The fraction of sp³-hybridized carbons (Fsp3) is 0.746. The van der Waals surface area contributed by atoms with Gasteiger partial charge in [0.15, 0.2) is 0 Å². The van der Waals surface area contributed by atoms with E-state index in [0.29, 0.717) is 97.3 Å². The van der Waals surface area contributed by atoms with Crippen LogP contribution in [0.15, 0.2) is 24.3 Å². The lowest BCUT2D eigenvalue weighted by molar-refractivity contribution is -0.130. The highest BCUT2D eigenvalue weighted by molar-refractivity contribution is 5.92. The number of ether oxygens (including phenoxy) is 7. The molecule has 1 fully saturated rings. The second-order valence-electron chi connectivity index (χ2n) is 27.5. The topological polar surface area (TPSA) is 500 Å². The summed E-state index contributed by atoms with van der Waals surface area (Å²) >= 11 is 0. The minimum Gasteiger partial charge on any atom is -0.488 e. The smallest absolute Gasteiger partial charge is 0.242 e. The molecule has 1 aromatic rings. The van der Waals surface area contributed by atoms with Crippen LogP contribution >= 0.6 is 0 Å². The lowest BCUT2D eigenvalue weighted by atomic mass is 10.0. The predicted molar refractivity (Wildman–Crippen MR) is 406 cm³/mol. The van der Waals surface area contributed by atoms with Gasteiger partial charge in [-0.05, 0) is 63.1 Å². The van der Waals surface area contributed by atoms with Crippen molar-refractivity contribution in [3.05, 3.63) is 29.8 Å². The summed E-state index contributed by atoms with van der Waals surface area (Å²) in [5.41, 5.74) is 11.0. The van der Waals surface area contributed by atoms with Crippen molar-refractivity contribution in [2.75, 3.05) is 236 Å². The van der Waals surface area contributed by atoms with Gasteiger partial charge < -0.3 is 119 Å². The number of nitrogens with one attached hydrogen (secondary N) is 14. The van der Waals surface area contributed by atoms with Gasteiger partial charge in [-0.1, -0.05) is 39.8 Å². The van der Waals surface area contributed by atoms with Gasteiger partial charge in [0, 0.05) is 118 Å². The first kappa shape index (κ1) is 97.2. The molecule has 0 aromatic heterocycles. The van der Waals surface area contributed by atoms with Crippen LogP contribution in [0.1, 0.15) is 73.8 Å². The number of nitrogens with two attached hydrogens (primary N) is 2. The fourth-order valence-electron chi connectivity index (χ4n) is 10.3. The molecule has 18 N–H and O–H groups in total. The highest BCUT2D eigenvalue weighted by Crippen LogP contribution is 2.19. The summed E-state index contributed by atoms with van der Waals surface area (Å²) < 4.78 is 39.5. The van der Waals surface area contributed by atoms with E-state index in [1.807, 2.05) is 63.2 Å². The molecule has 3 atom stereocenters. The Kier molecular flexibility index (Phi) is 53.5. The largest absolute Gasteiger partial charge is 0.488 e. The monoisotopic (exact) mass is 1550 g/mol. The molecule has 0 radical (unpaired) electrons. The Labute approximate surface area is 642 Å². The average Bonchev–Trinajstić information content (AvgIpc) is 0.868. The third kappa shape index (κ3) is 53.6. The molecular weight excluding hydrogens is 1420 g/mol. The summed E-state index contributed by atoms with van der Waals surface area (Å²) in [4.78, 5) is 157. The van der Waals surface area contributed by atoms with Crippen molar-refractivity contribution in [2.24, 2.45) is 23.3 Å². The molecule has 622 valence electrons. The lowest BCUT2D eigenvalue weighted by Gasteiger charge is -2.31. The summed E-state index contributed by atoms with van der Waals surface area (Å²) in [5.74, 6) is -3.69. The van der Waals surface area contributed by atoms with Crippen molar-refractivity contribution in [3.63, 3.8) is 0 Å². The van der Waals surface area contributed by atoms with Crippen molar-refractivity contribution in [3.8, 4) is 5.75 Å². The van der Waals surface area contributed by atoms with Gasteiger partial charge in [-0.15, -0.1) is 0 Å². The average molecular weight is 1550 g/mol. The molecule has 0 bridgehead atoms. The zero-order valence-electron chi connectivity index (χ0n) is 65.5. The molecule has 1 aliphatic heterocycles. The Morgan fingerprint density at radius 1 is 0.404 bits per heavy atom. The normalized spacial score (nSPS) is 14.1. The summed E-state index contributed by atoms with van der Waals surface area (Å²) in [6.45, 7) is 22.5. The predicted octanol–water partition coefficient (Wildman–Crippen LogP) is -6.87. The van der Waals surface area contributed by atoms with E-state index in [-0.39, 0.29) is 199 Å². The Balaban J connectivity index is 1.77. The van der Waals surface area contributed by atoms with Crippen molar-refractivity contribution < 1.29 is 90.7 Å². The Hall–Kier alpha value is -7.86. The van der Waals surface area contributed by atoms with E-state index >= 15 is 0 Å². The number of hydrogen-bond acceptors (Lipinski definition) is 26. The molecule has 38 nitrogen and oxygen atoms in total. The first-order chi connectivity index (χ1) is 52.1. The van der Waals surface area contributed by atoms with Gasteiger partial charge in [-0.2, -0.15) is 0 Å². The van der Waals surface area contributed by atoms with Crippen LogP contribution < -0.4 is 90.6 Å². The van der Waals surface area contributed by atoms with Crippen LogP contribution in [0.5, 0.6) is 5.75 Å². The van der Waals surface area contributed by atoms with Crippen LogP contribution in [0, 0.1) is 11.8 Å². The van der Waals surface area contributed by atoms with E-state index in [0.717, 1.165) is 5.56 Å². The van der Waals surface area contributed by atoms with Gasteiger partial charge in [-0.3, -0.25) is 72.2 Å². The van der Waals surface area contributed by atoms with Gasteiger partial charge in [0.2, 0.25) is 70.9 Å². The molecule has 0 aliphatic carbocycles. The standard InChI is InChI=1S/C71H129N19O19/c1-52(2)41-57(85-61(93)45-73)68(100)81-21-33-107-39-37-105-30-18-77-65(97)49-88-23-15-74-16-24-89(26-28-90(27-25-88)51-67(99)79-20-32-104-36-35-103-29-17-76-60(92)44-72)50-66(98)78-19-31-106-38-40-108-34-22-82-69(101)58(42-53(3)4)86-64(96)48-84-62(94)46-75-13-14-80-70(102)59(87-63(95)47-83-54(5)91)43-55-9-11-56(12-10-55)109-71(6,7)8/h9-12,52-53,57-59,74-75H,13-51,72-73H2,1-8H3,(H,76,92)(H,77,97)(H,78,98)(H,79,99)(H,80,102)(H,81,100)(H,82,101)(H,83,91)(H,84,94)(H,85,93)(H,86,96)(H,87,95). The number of amides is 12. The summed E-state index contributed by atoms with van der Waals surface area (Å²) in [7, 11) is 0. The minimum absolute atomic E-state index is 0.0393. The van der Waals surface area contributed by atoms with E-state index < -0.39 is 71.6 Å². The molecule has 2 rings (SSSR count). The Bertz CT molecular complexity index is 2810. The number of hydrogen-bond donors (Lipinski definition) is 16. The van der Waals surface area contributed by atoms with Crippen molar-refractivity contribution >= 4 is 70.9 Å². The highest BCUT2D eigenvalue weighted by atomic mass is 16.5. The minimum atomic E-state index is -0.976. The molecule has 38 heteroatoms. The maximum Gasteiger partial charge on any atom is 0.242 e. The number of nitrogens with zero attached hydrogens (tertiary/aromatic N) is 3. The molecule has 3 unspecified atom stereocenters. The van der Waals surface area contributed by atoms with Crippen LogP contribution in [0.2, 0.25) is 0 Å². The van der Waals surface area contributed by atoms with Gasteiger partial charge in [-0.25, -0.2) is 0 Å². The summed E-state index contributed by atoms with van der Waals surface area (Å²) in [5, 5.41) is 38.9. The van der Waals surface area contributed by atoms with E-state index in [4.69, 9.17) is 44.6 Å². The molecule has 0 saturated carbocycles. The third-order valence-electron chi connectivity index (χ3n) is 15.6. The molecule has 0 spiro atoms. The quantitative estimate of drug-likeness (QED) is 0.0270. The highest BCUT2D eigenvalue weighted by Gasteiger charge is 2.26. The number of rotatable bonds is 57. The zero-order chi connectivity index (χ0) is 80.5. The number of carbonyl (C=O) groups excluding carboxylic acids is 12. The first-order valence-electron chi connectivity index (χ1n) is 37.7. The van der Waals surface area contributed by atoms with Crippen LogP contribution in [-0.4, -0.2) is 346 Å². The maximum absolute atomic E-state index is 13.3. The molecule has 12 amide bonds. The lowest BCUT2D eigenvalue weighted by Crippen LogP contribution is -2.51. The van der Waals surface area contributed by atoms with Crippen molar-refractivity contribution in [1.82, 2.24) is 89.1 Å². The second-order valence-corrected chi connectivity index (χ2v) is 27.5. The summed E-state index contributed by atoms with van der Waals surface area (Å²) in [6.07, 6.45) is 0.950. The van der Waals surface area contributed by atoms with E-state index in [1.54, 1.807) is 24.3 Å². The van der Waals surface area contributed by atoms with Crippen molar-refractivity contribution in [2.45, 2.75) is 98.4 Å². The van der Waals surface area contributed by atoms with Gasteiger partial charge in [0.25, 0.3) is 0 Å². The van der Waals surface area contributed by atoms with Crippen LogP contribution in [0.3, 0.4) is 0 Å². The van der Waals surface area contributed by atoms with E-state index in [1.165, 1.54) is 6.92 Å². The molecule has 1 aromatic carbocycles. The molecule has 1 saturated heterocycles. The SMILES string of the molecule is CC(=O)NCC(=O)NC(Cc1ccc(OC(C)(C)C)cc1)C(=O)NCCNCC(=O)NCC(=O)NC(CC(C)C)C(=O)NCCOCCOCCNC(=O)CN1CCNCCN(CC(=O)NCCOCCOCCNC(=O)C(CC(C)C)NC(=O)CN)CCN(CC(=O)NCCOCCOCCNC(=O)CN)CC1. The Morgan fingerprint density at radius 2 is 0.761 bits per heavy atom. The zero-order valence-corrected chi connectivity index (χ0v) is 65.5. The molecule has 1 heterocycles. The van der Waals surface area contributed by atoms with Gasteiger partial charge in [0.05, 0.1) is 132 Å². The first-order valence-corrected chi connectivity index (χ1v) is 37.7. The van der Waals surface area contributed by atoms with Crippen LogP contribution in [-0.2, 0) is 92.4 Å². The van der Waals surface area contributed by atoms with E-state index in [9.17, 15) is 57.5 Å².